The number of allylic oxidation sites excluding steroid dienone is 1. The molecule has 0 aliphatic carbocycles. The van der Waals surface area contributed by atoms with E-state index >= 15 is 0 Å². The number of hydrogen-bond donors (Lipinski definition) is 1. The Labute approximate surface area is 80.3 Å². The van der Waals surface area contributed by atoms with Gasteiger partial charge in [-0.2, -0.15) is 0 Å². The molecule has 0 aliphatic rings. The lowest BCUT2D eigenvalue weighted by Gasteiger charge is -2.08. The third kappa shape index (κ3) is 2.35. The lowest BCUT2D eigenvalue weighted by atomic mass is 10.00. The van der Waals surface area contributed by atoms with Crippen molar-refractivity contribution in [2.24, 2.45) is 0 Å². The van der Waals surface area contributed by atoms with E-state index in [0.29, 0.717) is 5.92 Å². The van der Waals surface area contributed by atoms with Crippen LogP contribution in [0.4, 0.5) is 5.69 Å². The van der Waals surface area contributed by atoms with Gasteiger partial charge in [0.05, 0.1) is 0 Å². The maximum absolute atomic E-state index is 5.82. The number of nitrogens with two attached hydrogens (primary N) is 1. The third-order valence-corrected chi connectivity index (χ3v) is 2.12. The van der Waals surface area contributed by atoms with Crippen LogP contribution in [0.25, 0.3) is 6.08 Å². The normalized spacial score (nSPS) is 11.4. The fraction of sp³-hybridized carbons (Fsp3) is 0.333. The van der Waals surface area contributed by atoms with Crippen molar-refractivity contribution in [3.8, 4) is 0 Å². The predicted octanol–water partition coefficient (Wildman–Crippen LogP) is 3.43. The molecule has 0 spiro atoms. The first kappa shape index (κ1) is 9.85. The van der Waals surface area contributed by atoms with Gasteiger partial charge in [0.1, 0.15) is 0 Å². The highest BCUT2D eigenvalue weighted by Crippen LogP contribution is 2.21. The SMILES string of the molecule is C/C=C\c1cc(C(C)C)ccc1N. The van der Waals surface area contributed by atoms with E-state index in [1.165, 1.54) is 5.56 Å². The molecule has 0 radical (unpaired) electrons. The lowest BCUT2D eigenvalue weighted by Crippen LogP contribution is -1.93. The first-order valence-corrected chi connectivity index (χ1v) is 4.67. The molecule has 2 N–H and O–H groups in total. The molecule has 0 fully saturated rings. The van der Waals surface area contributed by atoms with E-state index in [1.54, 1.807) is 0 Å². The zero-order valence-electron chi connectivity index (χ0n) is 8.54. The highest BCUT2D eigenvalue weighted by Gasteiger charge is 2.01. The van der Waals surface area contributed by atoms with Gasteiger partial charge in [0, 0.05) is 5.69 Å². The zero-order valence-corrected chi connectivity index (χ0v) is 8.54. The van der Waals surface area contributed by atoms with E-state index in [9.17, 15) is 0 Å². The van der Waals surface area contributed by atoms with E-state index in [2.05, 4.69) is 26.0 Å². The molecule has 0 heterocycles. The number of anilines is 1. The van der Waals surface area contributed by atoms with Crippen LogP contribution in [-0.2, 0) is 0 Å². The molecule has 1 aromatic rings. The van der Waals surface area contributed by atoms with Crippen LogP contribution < -0.4 is 5.73 Å². The second-order valence-corrected chi connectivity index (χ2v) is 3.54. The molecule has 0 bridgehead atoms. The van der Waals surface area contributed by atoms with Gasteiger partial charge < -0.3 is 5.73 Å². The highest BCUT2D eigenvalue weighted by molar-refractivity contribution is 5.65. The van der Waals surface area contributed by atoms with E-state index in [4.69, 9.17) is 5.73 Å². The fourth-order valence-corrected chi connectivity index (χ4v) is 1.28. The Balaban J connectivity index is 3.11. The molecule has 0 saturated heterocycles. The van der Waals surface area contributed by atoms with Crippen molar-refractivity contribution >= 4 is 11.8 Å². The Kier molecular flexibility index (Phi) is 3.13. The average molecular weight is 175 g/mol. The molecule has 0 amide bonds. The van der Waals surface area contributed by atoms with Crippen LogP contribution >= 0.6 is 0 Å². The van der Waals surface area contributed by atoms with Gasteiger partial charge in [-0.1, -0.05) is 32.1 Å². The quantitative estimate of drug-likeness (QED) is 0.685. The first-order chi connectivity index (χ1) is 6.15. The lowest BCUT2D eigenvalue weighted by molar-refractivity contribution is 0.866. The number of benzene rings is 1. The summed E-state index contributed by atoms with van der Waals surface area (Å²) < 4.78 is 0. The standard InChI is InChI=1S/C12H17N/c1-4-5-11-8-10(9(2)3)6-7-12(11)13/h4-9H,13H2,1-3H3/b5-4-. The monoisotopic (exact) mass is 175 g/mol. The van der Waals surface area contributed by atoms with Crippen molar-refractivity contribution in [1.82, 2.24) is 0 Å². The van der Waals surface area contributed by atoms with E-state index in [-0.39, 0.29) is 0 Å². The van der Waals surface area contributed by atoms with Crippen LogP contribution in [0.1, 0.15) is 37.8 Å². The molecule has 1 rings (SSSR count). The van der Waals surface area contributed by atoms with Gasteiger partial charge in [-0.3, -0.25) is 0 Å². The summed E-state index contributed by atoms with van der Waals surface area (Å²) in [6, 6.07) is 6.22. The second-order valence-electron chi connectivity index (χ2n) is 3.54. The molecule has 1 heteroatoms. The van der Waals surface area contributed by atoms with Crippen molar-refractivity contribution in [3.63, 3.8) is 0 Å². The van der Waals surface area contributed by atoms with Gasteiger partial charge in [0.15, 0.2) is 0 Å². The predicted molar refractivity (Wildman–Crippen MR) is 59.7 cm³/mol. The molecular formula is C12H17N. The van der Waals surface area contributed by atoms with Gasteiger partial charge >= 0.3 is 0 Å². The molecule has 70 valence electrons. The van der Waals surface area contributed by atoms with Gasteiger partial charge in [0.2, 0.25) is 0 Å². The smallest absolute Gasteiger partial charge is 0.0387 e. The number of nitrogen functional groups attached to an aromatic ring is 1. The molecular weight excluding hydrogens is 158 g/mol. The summed E-state index contributed by atoms with van der Waals surface area (Å²) in [7, 11) is 0. The van der Waals surface area contributed by atoms with Crippen LogP contribution in [0.2, 0.25) is 0 Å². The molecule has 0 saturated carbocycles. The van der Waals surface area contributed by atoms with E-state index < -0.39 is 0 Å². The second kappa shape index (κ2) is 4.13. The molecule has 0 unspecified atom stereocenters. The molecule has 0 atom stereocenters. The molecule has 0 aliphatic heterocycles. The van der Waals surface area contributed by atoms with Crippen molar-refractivity contribution in [1.29, 1.82) is 0 Å². The number of hydrogen-bond acceptors (Lipinski definition) is 1. The minimum absolute atomic E-state index is 0.560. The summed E-state index contributed by atoms with van der Waals surface area (Å²) in [5.74, 6) is 0.560. The van der Waals surface area contributed by atoms with E-state index in [0.717, 1.165) is 11.3 Å². The van der Waals surface area contributed by atoms with Crippen molar-refractivity contribution in [2.45, 2.75) is 26.7 Å². The Morgan fingerprint density at radius 1 is 1.31 bits per heavy atom. The Bertz CT molecular complexity index is 311. The minimum atomic E-state index is 0.560. The van der Waals surface area contributed by atoms with Crippen LogP contribution in [-0.4, -0.2) is 0 Å². The Morgan fingerprint density at radius 2 is 2.00 bits per heavy atom. The van der Waals surface area contributed by atoms with Crippen LogP contribution in [0.3, 0.4) is 0 Å². The molecule has 0 aromatic heterocycles. The summed E-state index contributed by atoms with van der Waals surface area (Å²) in [6.07, 6.45) is 4.05. The Hall–Kier alpha value is -1.24. The van der Waals surface area contributed by atoms with Gasteiger partial charge in [-0.15, -0.1) is 0 Å². The van der Waals surface area contributed by atoms with Crippen molar-refractivity contribution < 1.29 is 0 Å². The Morgan fingerprint density at radius 3 is 2.54 bits per heavy atom. The minimum Gasteiger partial charge on any atom is -0.398 e. The van der Waals surface area contributed by atoms with E-state index in [1.807, 2.05) is 25.1 Å². The van der Waals surface area contributed by atoms with Crippen LogP contribution in [0.15, 0.2) is 24.3 Å². The maximum atomic E-state index is 5.82. The largest absolute Gasteiger partial charge is 0.398 e. The summed E-state index contributed by atoms with van der Waals surface area (Å²) in [5, 5.41) is 0. The highest BCUT2D eigenvalue weighted by atomic mass is 14.6. The van der Waals surface area contributed by atoms with Gasteiger partial charge in [-0.25, -0.2) is 0 Å². The average Bonchev–Trinajstić information content (AvgIpc) is 2.08. The molecule has 1 nitrogen and oxygen atoms in total. The van der Waals surface area contributed by atoms with Crippen molar-refractivity contribution in [2.75, 3.05) is 5.73 Å². The molecule has 1 aromatic carbocycles. The molecule has 13 heavy (non-hydrogen) atoms. The van der Waals surface area contributed by atoms with Gasteiger partial charge in [0.25, 0.3) is 0 Å². The fourth-order valence-electron chi connectivity index (χ4n) is 1.28. The maximum Gasteiger partial charge on any atom is 0.0387 e. The van der Waals surface area contributed by atoms with Gasteiger partial charge in [-0.05, 0) is 36.1 Å². The topological polar surface area (TPSA) is 26.0 Å². The van der Waals surface area contributed by atoms with Crippen LogP contribution in [0.5, 0.6) is 0 Å². The zero-order chi connectivity index (χ0) is 9.84. The van der Waals surface area contributed by atoms with Crippen LogP contribution in [0, 0.1) is 0 Å². The third-order valence-electron chi connectivity index (χ3n) is 2.12. The number of rotatable bonds is 2. The summed E-state index contributed by atoms with van der Waals surface area (Å²) >= 11 is 0. The van der Waals surface area contributed by atoms with Crippen molar-refractivity contribution in [3.05, 3.63) is 35.4 Å². The summed E-state index contributed by atoms with van der Waals surface area (Å²) in [5.41, 5.74) is 9.13. The summed E-state index contributed by atoms with van der Waals surface area (Å²) in [6.45, 7) is 6.37. The first-order valence-electron chi connectivity index (χ1n) is 4.67. The summed E-state index contributed by atoms with van der Waals surface area (Å²) in [4.78, 5) is 0.